The molecule has 1 aliphatic rings. The van der Waals surface area contributed by atoms with Crippen molar-refractivity contribution in [1.29, 1.82) is 0 Å². The Hall–Kier alpha value is -0.340. The lowest BCUT2D eigenvalue weighted by Crippen LogP contribution is -2.18. The van der Waals surface area contributed by atoms with Crippen molar-refractivity contribution < 1.29 is 9.84 Å². The zero-order valence-electron chi connectivity index (χ0n) is 8.13. The van der Waals surface area contributed by atoms with Crippen molar-refractivity contribution in [2.24, 2.45) is 5.92 Å². The van der Waals surface area contributed by atoms with Gasteiger partial charge in [-0.2, -0.15) is 0 Å². The topological polar surface area (TPSA) is 29.5 Å². The molecule has 0 radical (unpaired) electrons. The molecule has 70 valence electrons. The van der Waals surface area contributed by atoms with Gasteiger partial charge in [-0.3, -0.25) is 0 Å². The van der Waals surface area contributed by atoms with Gasteiger partial charge in [0.1, 0.15) is 0 Å². The second kappa shape index (κ2) is 3.58. The molecule has 0 aromatic carbocycles. The second-order valence-electron chi connectivity index (χ2n) is 4.01. The van der Waals surface area contributed by atoms with Crippen LogP contribution in [0.5, 0.6) is 0 Å². The van der Waals surface area contributed by atoms with Gasteiger partial charge in [0, 0.05) is 7.11 Å². The predicted octanol–water partition coefficient (Wildman–Crippen LogP) is 1.74. The van der Waals surface area contributed by atoms with Gasteiger partial charge in [0.05, 0.1) is 12.2 Å². The molecule has 0 aliphatic heterocycles. The summed E-state index contributed by atoms with van der Waals surface area (Å²) in [4.78, 5) is 0. The predicted molar refractivity (Wildman–Crippen MR) is 49.0 cm³/mol. The molecule has 0 aromatic heterocycles. The van der Waals surface area contributed by atoms with Gasteiger partial charge in [0.25, 0.3) is 0 Å². The highest BCUT2D eigenvalue weighted by molar-refractivity contribution is 5.16. The van der Waals surface area contributed by atoms with Gasteiger partial charge in [-0.1, -0.05) is 18.6 Å². The second-order valence-corrected chi connectivity index (χ2v) is 4.01. The van der Waals surface area contributed by atoms with E-state index < -0.39 is 5.60 Å². The molecule has 0 spiro atoms. The van der Waals surface area contributed by atoms with Crippen LogP contribution in [0.3, 0.4) is 0 Å². The van der Waals surface area contributed by atoms with Crippen molar-refractivity contribution >= 4 is 0 Å². The SMILES string of the molecule is COC/C=C1/CC(C)(O)CC1C. The lowest BCUT2D eigenvalue weighted by Gasteiger charge is -2.13. The van der Waals surface area contributed by atoms with Crippen LogP contribution in [-0.4, -0.2) is 24.4 Å². The first kappa shape index (κ1) is 9.75. The van der Waals surface area contributed by atoms with Crippen LogP contribution < -0.4 is 0 Å². The lowest BCUT2D eigenvalue weighted by atomic mass is 10.0. The number of methoxy groups -OCH3 is 1. The third-order valence-electron chi connectivity index (χ3n) is 2.48. The number of hydrogen-bond acceptors (Lipinski definition) is 2. The summed E-state index contributed by atoms with van der Waals surface area (Å²) < 4.78 is 4.96. The molecule has 1 rings (SSSR count). The van der Waals surface area contributed by atoms with Gasteiger partial charge < -0.3 is 9.84 Å². The maximum atomic E-state index is 9.75. The Bertz CT molecular complexity index is 182. The fourth-order valence-electron chi connectivity index (χ4n) is 1.94. The third kappa shape index (κ3) is 2.32. The van der Waals surface area contributed by atoms with Gasteiger partial charge >= 0.3 is 0 Å². The normalized spacial score (nSPS) is 39.3. The number of aliphatic hydroxyl groups is 1. The average Bonchev–Trinajstić information content (AvgIpc) is 2.20. The standard InChI is InChI=1S/C10H18O2/c1-8-6-10(2,11)7-9(8)4-5-12-3/h4,8,11H,5-7H2,1-3H3/b9-4-. The molecule has 0 heterocycles. The Morgan fingerprint density at radius 2 is 2.42 bits per heavy atom. The molecular weight excluding hydrogens is 152 g/mol. The maximum absolute atomic E-state index is 9.75. The van der Waals surface area contributed by atoms with E-state index in [-0.39, 0.29) is 0 Å². The molecule has 0 amide bonds. The summed E-state index contributed by atoms with van der Waals surface area (Å²) in [6.45, 7) is 4.72. The van der Waals surface area contributed by atoms with Crippen LogP contribution in [0.15, 0.2) is 11.6 Å². The minimum Gasteiger partial charge on any atom is -0.390 e. The number of hydrogen-bond donors (Lipinski definition) is 1. The molecule has 2 heteroatoms. The fourth-order valence-corrected chi connectivity index (χ4v) is 1.94. The molecule has 0 bridgehead atoms. The Labute approximate surface area is 74.2 Å². The van der Waals surface area contributed by atoms with Crippen LogP contribution in [0.4, 0.5) is 0 Å². The molecule has 1 N–H and O–H groups in total. The Morgan fingerprint density at radius 1 is 1.75 bits per heavy atom. The van der Waals surface area contributed by atoms with E-state index in [0.717, 1.165) is 12.8 Å². The van der Waals surface area contributed by atoms with E-state index in [9.17, 15) is 5.11 Å². The van der Waals surface area contributed by atoms with E-state index >= 15 is 0 Å². The summed E-state index contributed by atoms with van der Waals surface area (Å²) in [5, 5.41) is 9.75. The molecule has 1 saturated carbocycles. The molecule has 0 aromatic rings. The zero-order chi connectivity index (χ0) is 9.19. The molecule has 2 unspecified atom stereocenters. The zero-order valence-corrected chi connectivity index (χ0v) is 8.13. The van der Waals surface area contributed by atoms with Crippen molar-refractivity contribution in [2.75, 3.05) is 13.7 Å². The molecule has 1 fully saturated rings. The molecule has 1 aliphatic carbocycles. The van der Waals surface area contributed by atoms with Crippen LogP contribution >= 0.6 is 0 Å². The Balaban J connectivity index is 2.57. The smallest absolute Gasteiger partial charge is 0.0662 e. The highest BCUT2D eigenvalue weighted by atomic mass is 16.5. The first-order valence-electron chi connectivity index (χ1n) is 4.45. The summed E-state index contributed by atoms with van der Waals surface area (Å²) in [5.41, 5.74) is 0.848. The highest BCUT2D eigenvalue weighted by Gasteiger charge is 2.33. The number of rotatable bonds is 2. The van der Waals surface area contributed by atoms with Gasteiger partial charge in [-0.25, -0.2) is 0 Å². The third-order valence-corrected chi connectivity index (χ3v) is 2.48. The van der Waals surface area contributed by atoms with Crippen molar-refractivity contribution in [3.63, 3.8) is 0 Å². The first-order chi connectivity index (χ1) is 5.55. The summed E-state index contributed by atoms with van der Waals surface area (Å²) in [6, 6.07) is 0. The van der Waals surface area contributed by atoms with E-state index in [2.05, 4.69) is 13.0 Å². The quantitative estimate of drug-likeness (QED) is 0.640. The first-order valence-corrected chi connectivity index (χ1v) is 4.45. The number of ether oxygens (including phenoxy) is 1. The average molecular weight is 170 g/mol. The minimum absolute atomic E-state index is 0.487. The molecule has 2 nitrogen and oxygen atoms in total. The van der Waals surface area contributed by atoms with Gasteiger partial charge in [0.2, 0.25) is 0 Å². The summed E-state index contributed by atoms with van der Waals surface area (Å²) >= 11 is 0. The van der Waals surface area contributed by atoms with Crippen LogP contribution in [0.1, 0.15) is 26.7 Å². The van der Waals surface area contributed by atoms with Crippen molar-refractivity contribution in [2.45, 2.75) is 32.3 Å². The summed E-state index contributed by atoms with van der Waals surface area (Å²) in [7, 11) is 1.69. The molecule has 12 heavy (non-hydrogen) atoms. The van der Waals surface area contributed by atoms with E-state index in [1.54, 1.807) is 7.11 Å². The van der Waals surface area contributed by atoms with E-state index in [0.29, 0.717) is 12.5 Å². The van der Waals surface area contributed by atoms with Crippen molar-refractivity contribution in [1.82, 2.24) is 0 Å². The molecular formula is C10H18O2. The van der Waals surface area contributed by atoms with Crippen LogP contribution in [-0.2, 0) is 4.74 Å². The van der Waals surface area contributed by atoms with Crippen LogP contribution in [0.2, 0.25) is 0 Å². The maximum Gasteiger partial charge on any atom is 0.0662 e. The molecule has 0 saturated heterocycles. The highest BCUT2D eigenvalue weighted by Crippen LogP contribution is 2.38. The van der Waals surface area contributed by atoms with Gasteiger partial charge in [-0.15, -0.1) is 0 Å². The van der Waals surface area contributed by atoms with Crippen LogP contribution in [0, 0.1) is 5.92 Å². The molecule has 2 atom stereocenters. The summed E-state index contributed by atoms with van der Waals surface area (Å²) in [5.74, 6) is 0.509. The van der Waals surface area contributed by atoms with Crippen molar-refractivity contribution in [3.05, 3.63) is 11.6 Å². The largest absolute Gasteiger partial charge is 0.390 e. The fraction of sp³-hybridized carbons (Fsp3) is 0.800. The van der Waals surface area contributed by atoms with Gasteiger partial charge in [0.15, 0.2) is 0 Å². The van der Waals surface area contributed by atoms with Crippen molar-refractivity contribution in [3.8, 4) is 0 Å². The Morgan fingerprint density at radius 3 is 2.83 bits per heavy atom. The van der Waals surface area contributed by atoms with Gasteiger partial charge in [-0.05, 0) is 25.7 Å². The minimum atomic E-state index is -0.487. The Kier molecular flexibility index (Phi) is 2.91. The lowest BCUT2D eigenvalue weighted by molar-refractivity contribution is 0.0661. The monoisotopic (exact) mass is 170 g/mol. The van der Waals surface area contributed by atoms with Crippen LogP contribution in [0.25, 0.3) is 0 Å². The van der Waals surface area contributed by atoms with E-state index in [4.69, 9.17) is 4.74 Å². The summed E-state index contributed by atoms with van der Waals surface area (Å²) in [6.07, 6.45) is 3.77. The van der Waals surface area contributed by atoms with E-state index in [1.807, 2.05) is 6.92 Å². The van der Waals surface area contributed by atoms with E-state index in [1.165, 1.54) is 5.57 Å².